The number of aliphatic hydroxyl groups excluding tert-OH is 1. The van der Waals surface area contributed by atoms with Gasteiger partial charge < -0.3 is 42.1 Å². The number of aromatic hydroxyl groups is 1. The van der Waals surface area contributed by atoms with Crippen LogP contribution in [-0.2, 0) is 30.4 Å². The molecule has 0 heterocycles. The van der Waals surface area contributed by atoms with Gasteiger partial charge in [0.1, 0.15) is 29.9 Å². The number of aliphatic carboxylic acids is 2. The van der Waals surface area contributed by atoms with Crippen LogP contribution in [0.4, 0.5) is 0 Å². The summed E-state index contributed by atoms with van der Waals surface area (Å²) in [6, 6.07) is 0.00985. The van der Waals surface area contributed by atoms with Crippen molar-refractivity contribution in [3.8, 4) is 5.75 Å². The number of carbonyl (C=O) groups excluding carboxylic acids is 3. The van der Waals surface area contributed by atoms with E-state index in [1.165, 1.54) is 24.3 Å². The van der Waals surface area contributed by atoms with Gasteiger partial charge in [-0.05, 0) is 23.6 Å². The van der Waals surface area contributed by atoms with Crippen LogP contribution in [0.5, 0.6) is 5.75 Å². The molecule has 0 aliphatic heterocycles. The summed E-state index contributed by atoms with van der Waals surface area (Å²) >= 11 is 0. The minimum absolute atomic E-state index is 0.0318. The van der Waals surface area contributed by atoms with Gasteiger partial charge in [0.2, 0.25) is 17.7 Å². The van der Waals surface area contributed by atoms with Gasteiger partial charge in [0, 0.05) is 6.42 Å². The third-order valence-electron chi connectivity index (χ3n) is 4.78. The number of phenols is 1. The molecule has 4 atom stereocenters. The molecule has 1 aromatic rings. The summed E-state index contributed by atoms with van der Waals surface area (Å²) in [6.45, 7) is 2.50. The van der Waals surface area contributed by atoms with Crippen molar-refractivity contribution in [3.05, 3.63) is 29.8 Å². The first-order chi connectivity index (χ1) is 15.8. The van der Waals surface area contributed by atoms with Crippen molar-refractivity contribution in [2.45, 2.75) is 50.9 Å². The van der Waals surface area contributed by atoms with Crippen LogP contribution in [0.2, 0.25) is 0 Å². The Morgan fingerprint density at radius 3 is 1.91 bits per heavy atom. The second-order valence-electron chi connectivity index (χ2n) is 7.95. The molecule has 4 unspecified atom stereocenters. The van der Waals surface area contributed by atoms with Gasteiger partial charge in [0.25, 0.3) is 0 Å². The maximum Gasteiger partial charge on any atom is 0.326 e. The molecule has 13 nitrogen and oxygen atoms in total. The van der Waals surface area contributed by atoms with Crippen molar-refractivity contribution in [2.75, 3.05) is 6.61 Å². The van der Waals surface area contributed by atoms with Crippen LogP contribution in [0.15, 0.2) is 24.3 Å². The average molecular weight is 482 g/mol. The SMILES string of the molecule is CC(C)C(NC(=O)C(N)CO)C(=O)NC(CC(=O)O)C(=O)NC(Cc1ccc(O)cc1)C(=O)O. The van der Waals surface area contributed by atoms with Crippen LogP contribution in [0.3, 0.4) is 0 Å². The molecule has 0 radical (unpaired) electrons. The maximum atomic E-state index is 12.7. The molecule has 188 valence electrons. The lowest BCUT2D eigenvalue weighted by atomic mass is 10.0. The highest BCUT2D eigenvalue weighted by molar-refractivity contribution is 5.95. The summed E-state index contributed by atoms with van der Waals surface area (Å²) in [5.41, 5.74) is 5.91. The minimum Gasteiger partial charge on any atom is -0.508 e. The van der Waals surface area contributed by atoms with Crippen molar-refractivity contribution in [2.24, 2.45) is 11.7 Å². The van der Waals surface area contributed by atoms with Crippen molar-refractivity contribution in [3.63, 3.8) is 0 Å². The molecule has 0 aliphatic rings. The summed E-state index contributed by atoms with van der Waals surface area (Å²) in [5.74, 6) is -6.12. The van der Waals surface area contributed by atoms with E-state index in [1.54, 1.807) is 13.8 Å². The summed E-state index contributed by atoms with van der Waals surface area (Å²) < 4.78 is 0. The van der Waals surface area contributed by atoms with E-state index >= 15 is 0 Å². The van der Waals surface area contributed by atoms with Gasteiger partial charge in [-0.3, -0.25) is 19.2 Å². The topological polar surface area (TPSA) is 228 Å². The Labute approximate surface area is 195 Å². The highest BCUT2D eigenvalue weighted by atomic mass is 16.4. The number of phenolic OH excluding ortho intramolecular Hbond substituents is 1. The number of hydrogen-bond donors (Lipinski definition) is 8. The Morgan fingerprint density at radius 1 is 0.882 bits per heavy atom. The van der Waals surface area contributed by atoms with Crippen molar-refractivity contribution >= 4 is 29.7 Å². The quantitative estimate of drug-likeness (QED) is 0.153. The number of hydrogen-bond acceptors (Lipinski definition) is 8. The largest absolute Gasteiger partial charge is 0.508 e. The number of nitrogens with two attached hydrogens (primary N) is 1. The predicted octanol–water partition coefficient (Wildman–Crippen LogP) is -2.08. The molecule has 9 N–H and O–H groups in total. The van der Waals surface area contributed by atoms with Gasteiger partial charge in [-0.15, -0.1) is 0 Å². The van der Waals surface area contributed by atoms with E-state index in [0.717, 1.165) is 0 Å². The van der Waals surface area contributed by atoms with Crippen LogP contribution in [0.1, 0.15) is 25.8 Å². The molecule has 0 bridgehead atoms. The van der Waals surface area contributed by atoms with Crippen LogP contribution < -0.4 is 21.7 Å². The molecule has 0 fully saturated rings. The third-order valence-corrected chi connectivity index (χ3v) is 4.78. The Bertz CT molecular complexity index is 889. The van der Waals surface area contributed by atoms with Gasteiger partial charge in [0.05, 0.1) is 13.0 Å². The molecule has 34 heavy (non-hydrogen) atoms. The Morgan fingerprint density at radius 2 is 1.44 bits per heavy atom. The molecule has 0 saturated carbocycles. The monoisotopic (exact) mass is 482 g/mol. The molecule has 3 amide bonds. The number of carboxylic acids is 2. The Kier molecular flexibility index (Phi) is 10.9. The van der Waals surface area contributed by atoms with Crippen molar-refractivity contribution < 1.29 is 44.4 Å². The fourth-order valence-electron chi connectivity index (χ4n) is 2.86. The number of rotatable bonds is 13. The van der Waals surface area contributed by atoms with Crippen LogP contribution in [0, 0.1) is 5.92 Å². The number of carboxylic acid groups (broad SMARTS) is 2. The highest BCUT2D eigenvalue weighted by Crippen LogP contribution is 2.12. The second-order valence-corrected chi connectivity index (χ2v) is 7.95. The molecular formula is C21H30N4O9. The minimum atomic E-state index is -1.64. The van der Waals surface area contributed by atoms with E-state index in [-0.39, 0.29) is 12.2 Å². The first-order valence-corrected chi connectivity index (χ1v) is 10.4. The molecule has 0 aromatic heterocycles. The summed E-state index contributed by atoms with van der Waals surface area (Å²) in [5, 5.41) is 43.7. The van der Waals surface area contributed by atoms with Crippen LogP contribution in [0.25, 0.3) is 0 Å². The van der Waals surface area contributed by atoms with Crippen molar-refractivity contribution in [1.82, 2.24) is 16.0 Å². The van der Waals surface area contributed by atoms with Crippen LogP contribution >= 0.6 is 0 Å². The van der Waals surface area contributed by atoms with E-state index in [9.17, 15) is 34.2 Å². The van der Waals surface area contributed by atoms with Crippen LogP contribution in [-0.4, -0.2) is 80.9 Å². The summed E-state index contributed by atoms with van der Waals surface area (Å²) in [6.07, 6.45) is -1.02. The number of aliphatic hydroxyl groups is 1. The van der Waals surface area contributed by atoms with Gasteiger partial charge >= 0.3 is 11.9 Å². The van der Waals surface area contributed by atoms with E-state index in [1.807, 2.05) is 0 Å². The highest BCUT2D eigenvalue weighted by Gasteiger charge is 2.32. The van der Waals surface area contributed by atoms with Gasteiger partial charge in [-0.2, -0.15) is 0 Å². The predicted molar refractivity (Wildman–Crippen MR) is 117 cm³/mol. The lowest BCUT2D eigenvalue weighted by molar-refractivity contribution is -0.143. The van der Waals surface area contributed by atoms with Gasteiger partial charge in [0.15, 0.2) is 0 Å². The van der Waals surface area contributed by atoms with E-state index in [4.69, 9.17) is 15.9 Å². The first kappa shape index (κ1) is 28.3. The lowest BCUT2D eigenvalue weighted by Gasteiger charge is -2.26. The van der Waals surface area contributed by atoms with Crippen molar-refractivity contribution in [1.29, 1.82) is 0 Å². The maximum absolute atomic E-state index is 12.7. The van der Waals surface area contributed by atoms with Gasteiger partial charge in [-0.1, -0.05) is 26.0 Å². The van der Waals surface area contributed by atoms with E-state index in [2.05, 4.69) is 16.0 Å². The second kappa shape index (κ2) is 13.1. The fraction of sp³-hybridized carbons (Fsp3) is 0.476. The molecule has 1 aromatic carbocycles. The zero-order valence-corrected chi connectivity index (χ0v) is 18.7. The molecular weight excluding hydrogens is 452 g/mol. The Hall–Kier alpha value is -3.71. The average Bonchev–Trinajstić information content (AvgIpc) is 2.76. The lowest BCUT2D eigenvalue weighted by Crippen LogP contribution is -2.59. The third kappa shape index (κ3) is 9.03. The smallest absolute Gasteiger partial charge is 0.326 e. The standard InChI is InChI=1S/C21H30N4O9/c1-10(2)17(25-18(30)13(22)9-26)20(32)23-14(8-16(28)29)19(31)24-15(21(33)34)7-11-3-5-12(27)6-4-11/h3-6,10,13-15,17,26-27H,7-9,22H2,1-2H3,(H,23,32)(H,24,31)(H,25,30)(H,28,29)(H,33,34). The Balaban J connectivity index is 2.99. The fourth-order valence-corrected chi connectivity index (χ4v) is 2.86. The van der Waals surface area contributed by atoms with E-state index < -0.39 is 72.8 Å². The number of amides is 3. The van der Waals surface area contributed by atoms with E-state index in [0.29, 0.717) is 5.56 Å². The molecule has 0 aliphatic carbocycles. The first-order valence-electron chi connectivity index (χ1n) is 10.4. The number of benzene rings is 1. The zero-order valence-electron chi connectivity index (χ0n) is 18.7. The summed E-state index contributed by atoms with van der Waals surface area (Å²) in [4.78, 5) is 60.3. The molecule has 13 heteroatoms. The normalized spacial score (nSPS) is 14.4. The molecule has 0 saturated heterocycles. The number of carbonyl (C=O) groups is 5. The van der Waals surface area contributed by atoms with Gasteiger partial charge in [-0.25, -0.2) is 4.79 Å². The number of nitrogens with one attached hydrogen (secondary N) is 3. The molecule has 1 rings (SSSR count). The molecule has 0 spiro atoms. The summed E-state index contributed by atoms with van der Waals surface area (Å²) in [7, 11) is 0. The zero-order chi connectivity index (χ0) is 26.0.